The van der Waals surface area contributed by atoms with Gasteiger partial charge in [-0.1, -0.05) is 12.0 Å². The van der Waals surface area contributed by atoms with Gasteiger partial charge in [0, 0.05) is 47.1 Å². The summed E-state index contributed by atoms with van der Waals surface area (Å²) in [6.45, 7) is 0.0763. The van der Waals surface area contributed by atoms with Crippen LogP contribution in [-0.2, 0) is 4.79 Å². The summed E-state index contributed by atoms with van der Waals surface area (Å²) in [6.07, 6.45) is -0.418. The SMILES string of the molecule is O=C1c2cc(F)ccc2C(O)N1c1cc2c(cc1F)OC1(CC1)C(=O)N2CC#CI. The summed E-state index contributed by atoms with van der Waals surface area (Å²) in [4.78, 5) is 28.0. The highest BCUT2D eigenvalue weighted by molar-refractivity contribution is 14.1. The molecule has 2 aliphatic heterocycles. The smallest absolute Gasteiger partial charge is 0.272 e. The van der Waals surface area contributed by atoms with E-state index in [9.17, 15) is 19.1 Å². The van der Waals surface area contributed by atoms with Crippen LogP contribution in [0.25, 0.3) is 0 Å². The summed E-state index contributed by atoms with van der Waals surface area (Å²) in [7, 11) is 0. The van der Waals surface area contributed by atoms with Gasteiger partial charge >= 0.3 is 0 Å². The standard InChI is InChI=1S/C21H13F2IN2O4/c22-11-2-3-12-13(8-11)19(28)26(18(12)27)15-10-16-17(9-14(15)23)30-21(4-5-21)20(29)25(16)7-1-6-24/h2-3,8-10,18,27H,4-5,7H2. The summed E-state index contributed by atoms with van der Waals surface area (Å²) >= 11 is 1.86. The Balaban J connectivity index is 1.62. The second-order valence-electron chi connectivity index (χ2n) is 7.31. The van der Waals surface area contributed by atoms with Gasteiger partial charge in [-0.25, -0.2) is 8.78 Å². The highest BCUT2D eigenvalue weighted by Gasteiger charge is 2.58. The number of halogens is 3. The van der Waals surface area contributed by atoms with Gasteiger partial charge < -0.3 is 9.84 Å². The van der Waals surface area contributed by atoms with E-state index in [0.717, 1.165) is 23.1 Å². The molecule has 1 atom stereocenters. The van der Waals surface area contributed by atoms with Crippen molar-refractivity contribution in [1.29, 1.82) is 0 Å². The van der Waals surface area contributed by atoms with Crippen molar-refractivity contribution in [3.63, 3.8) is 0 Å². The Morgan fingerprint density at radius 1 is 1.20 bits per heavy atom. The van der Waals surface area contributed by atoms with E-state index in [1.165, 1.54) is 17.0 Å². The number of ether oxygens (including phenoxy) is 1. The van der Waals surface area contributed by atoms with Crippen LogP contribution >= 0.6 is 22.6 Å². The number of aliphatic hydroxyl groups excluding tert-OH is 1. The van der Waals surface area contributed by atoms with Crippen LogP contribution in [-0.4, -0.2) is 29.1 Å². The topological polar surface area (TPSA) is 70.1 Å². The fourth-order valence-electron chi connectivity index (χ4n) is 3.87. The molecule has 0 aromatic heterocycles. The molecule has 1 unspecified atom stereocenters. The molecule has 1 spiro atoms. The average Bonchev–Trinajstić information content (AvgIpc) is 3.45. The van der Waals surface area contributed by atoms with Gasteiger partial charge in [0.1, 0.15) is 11.6 Å². The number of anilines is 2. The lowest BCUT2D eigenvalue weighted by molar-refractivity contribution is -0.128. The number of rotatable bonds is 2. The van der Waals surface area contributed by atoms with Gasteiger partial charge in [0.25, 0.3) is 11.8 Å². The zero-order valence-electron chi connectivity index (χ0n) is 15.3. The predicted molar refractivity (Wildman–Crippen MR) is 111 cm³/mol. The van der Waals surface area contributed by atoms with Crippen LogP contribution in [0.2, 0.25) is 0 Å². The molecule has 1 fully saturated rings. The molecular weight excluding hydrogens is 509 g/mol. The fourth-order valence-corrected chi connectivity index (χ4v) is 4.05. The number of nitrogens with zero attached hydrogens (tertiary/aromatic N) is 2. The molecule has 0 bridgehead atoms. The van der Waals surface area contributed by atoms with Crippen molar-refractivity contribution in [2.45, 2.75) is 24.7 Å². The second kappa shape index (κ2) is 6.65. The first-order valence-corrected chi connectivity index (χ1v) is 10.2. The van der Waals surface area contributed by atoms with Crippen LogP contribution in [0, 0.1) is 21.5 Å². The summed E-state index contributed by atoms with van der Waals surface area (Å²) < 4.78 is 37.1. The van der Waals surface area contributed by atoms with Crippen molar-refractivity contribution < 1.29 is 28.2 Å². The van der Waals surface area contributed by atoms with E-state index in [0.29, 0.717) is 12.8 Å². The number of amides is 2. The molecule has 30 heavy (non-hydrogen) atoms. The zero-order valence-corrected chi connectivity index (χ0v) is 17.4. The molecule has 0 saturated heterocycles. The van der Waals surface area contributed by atoms with Crippen molar-refractivity contribution in [2.24, 2.45) is 0 Å². The maximum Gasteiger partial charge on any atom is 0.272 e. The number of hydrogen-bond acceptors (Lipinski definition) is 4. The van der Waals surface area contributed by atoms with Crippen LogP contribution in [0.5, 0.6) is 5.75 Å². The maximum atomic E-state index is 15.0. The summed E-state index contributed by atoms with van der Waals surface area (Å²) in [5.41, 5.74) is -0.828. The minimum Gasteiger partial charge on any atom is -0.475 e. The molecular formula is C21H13F2IN2O4. The summed E-state index contributed by atoms with van der Waals surface area (Å²) in [5, 5.41) is 10.6. The number of aliphatic hydroxyl groups is 1. The van der Waals surface area contributed by atoms with Gasteiger partial charge in [-0.3, -0.25) is 19.4 Å². The molecule has 0 radical (unpaired) electrons. The summed E-state index contributed by atoms with van der Waals surface area (Å²) in [5.74, 6) is 0.534. The molecule has 2 aromatic carbocycles. The number of fused-ring (bicyclic) bond motifs is 2. The third kappa shape index (κ3) is 2.70. The quantitative estimate of drug-likeness (QED) is 0.486. The Morgan fingerprint density at radius 2 is 1.97 bits per heavy atom. The van der Waals surface area contributed by atoms with Gasteiger partial charge in [-0.05, 0) is 22.1 Å². The third-order valence-electron chi connectivity index (χ3n) is 5.51. The molecule has 1 N–H and O–H groups in total. The third-order valence-corrected chi connectivity index (χ3v) is 5.90. The molecule has 2 heterocycles. The van der Waals surface area contributed by atoms with Gasteiger partial charge in [0.05, 0.1) is 23.5 Å². The normalized spacial score (nSPS) is 20.5. The number of carbonyl (C=O) groups excluding carboxylic acids is 2. The van der Waals surface area contributed by atoms with Crippen LogP contribution in [0.3, 0.4) is 0 Å². The number of carbonyl (C=O) groups is 2. The molecule has 2 amide bonds. The van der Waals surface area contributed by atoms with E-state index in [2.05, 4.69) is 9.85 Å². The Kier molecular flexibility index (Phi) is 4.27. The van der Waals surface area contributed by atoms with Crippen molar-refractivity contribution in [1.82, 2.24) is 0 Å². The maximum absolute atomic E-state index is 15.0. The van der Waals surface area contributed by atoms with Crippen molar-refractivity contribution in [3.05, 3.63) is 53.1 Å². The molecule has 1 aliphatic carbocycles. The van der Waals surface area contributed by atoms with E-state index in [1.54, 1.807) is 0 Å². The summed E-state index contributed by atoms with van der Waals surface area (Å²) in [6, 6.07) is 5.80. The van der Waals surface area contributed by atoms with Gasteiger partial charge in [-0.15, -0.1) is 0 Å². The Bertz CT molecular complexity index is 1190. The molecule has 1 saturated carbocycles. The molecule has 2 aromatic rings. The minimum absolute atomic E-state index is 0.0449. The fraction of sp³-hybridized carbons (Fsp3) is 0.238. The van der Waals surface area contributed by atoms with E-state index in [1.807, 2.05) is 22.6 Å². The van der Waals surface area contributed by atoms with Gasteiger partial charge in [0.2, 0.25) is 0 Å². The lowest BCUT2D eigenvalue weighted by Crippen LogP contribution is -2.48. The van der Waals surface area contributed by atoms with Crippen molar-refractivity contribution in [3.8, 4) is 15.6 Å². The minimum atomic E-state index is -1.49. The lowest BCUT2D eigenvalue weighted by atomic mass is 10.1. The van der Waals surface area contributed by atoms with E-state index < -0.39 is 29.4 Å². The predicted octanol–water partition coefficient (Wildman–Crippen LogP) is 3.27. The van der Waals surface area contributed by atoms with Gasteiger partial charge in [0.15, 0.2) is 17.6 Å². The number of benzene rings is 2. The first kappa shape index (κ1) is 19.3. The van der Waals surface area contributed by atoms with Crippen LogP contribution < -0.4 is 14.5 Å². The van der Waals surface area contributed by atoms with E-state index in [-0.39, 0.29) is 40.7 Å². The second-order valence-corrected chi connectivity index (χ2v) is 7.85. The largest absolute Gasteiger partial charge is 0.475 e. The van der Waals surface area contributed by atoms with Crippen LogP contribution in [0.15, 0.2) is 30.3 Å². The molecule has 3 aliphatic rings. The monoisotopic (exact) mass is 522 g/mol. The first-order valence-electron chi connectivity index (χ1n) is 9.10. The van der Waals surface area contributed by atoms with Crippen LogP contribution in [0.1, 0.15) is 35.0 Å². The van der Waals surface area contributed by atoms with E-state index in [4.69, 9.17) is 4.74 Å². The highest BCUT2D eigenvalue weighted by Crippen LogP contribution is 2.51. The molecule has 152 valence electrons. The van der Waals surface area contributed by atoms with Crippen LogP contribution in [0.4, 0.5) is 20.2 Å². The molecule has 5 rings (SSSR count). The molecule has 6 nitrogen and oxygen atoms in total. The first-order chi connectivity index (χ1) is 14.4. The zero-order chi connectivity index (χ0) is 21.2. The average molecular weight is 522 g/mol. The molecule has 9 heteroatoms. The van der Waals surface area contributed by atoms with Crippen molar-refractivity contribution in [2.75, 3.05) is 16.3 Å². The number of hydrogen-bond donors (Lipinski definition) is 1. The van der Waals surface area contributed by atoms with E-state index >= 15 is 4.39 Å². The Labute approximate surface area is 183 Å². The van der Waals surface area contributed by atoms with Crippen molar-refractivity contribution >= 4 is 45.8 Å². The highest BCUT2D eigenvalue weighted by atomic mass is 127. The lowest BCUT2D eigenvalue weighted by Gasteiger charge is -2.35. The Hall–Kier alpha value is -2.71. The Morgan fingerprint density at radius 3 is 2.67 bits per heavy atom. The van der Waals surface area contributed by atoms with Gasteiger partial charge in [-0.2, -0.15) is 0 Å².